The lowest BCUT2D eigenvalue weighted by Crippen LogP contribution is -2.46. The summed E-state index contributed by atoms with van der Waals surface area (Å²) in [7, 11) is -21.0. The zero-order valence-electron chi connectivity index (χ0n) is 42.0. The van der Waals surface area contributed by atoms with E-state index in [0.717, 1.165) is 30.7 Å². The third kappa shape index (κ3) is 12.3. The molecular weight excluding hydrogens is 1180 g/mol. The Morgan fingerprint density at radius 1 is 0.765 bits per heavy atom. The fraction of sp³-hybridized carbons (Fsp3) is 0.568. The van der Waals surface area contributed by atoms with E-state index in [-0.39, 0.29) is 57.8 Å². The molecule has 3 aliphatic heterocycles. The summed E-state index contributed by atoms with van der Waals surface area (Å²) < 4.78 is 112. The van der Waals surface area contributed by atoms with Gasteiger partial charge in [0.2, 0.25) is 17.7 Å². The number of carbonyl (C=O) groups is 1. The third-order valence-corrected chi connectivity index (χ3v) is 19.0. The van der Waals surface area contributed by atoms with Gasteiger partial charge in [0, 0.05) is 19.6 Å². The van der Waals surface area contributed by atoms with Gasteiger partial charge < -0.3 is 85.6 Å². The highest BCUT2D eigenvalue weighted by Crippen LogP contribution is 2.68. The van der Waals surface area contributed by atoms with Crippen molar-refractivity contribution in [1.82, 2.24) is 58.9 Å². The fourth-order valence-electron chi connectivity index (χ4n) is 9.28. The predicted molar refractivity (Wildman–Crippen MR) is 265 cm³/mol. The van der Waals surface area contributed by atoms with Crippen LogP contribution in [0.4, 0.5) is 22.5 Å². The van der Waals surface area contributed by atoms with Gasteiger partial charge in [0.1, 0.15) is 54.1 Å². The average molecular weight is 1230 g/mol. The van der Waals surface area contributed by atoms with Crippen LogP contribution in [0.15, 0.2) is 34.9 Å². The Balaban J connectivity index is 0.893. The van der Waals surface area contributed by atoms with E-state index in [1.807, 2.05) is 0 Å². The number of rotatable bonds is 22. The van der Waals surface area contributed by atoms with Crippen molar-refractivity contribution < 1.29 is 108 Å². The van der Waals surface area contributed by atoms with Crippen LogP contribution in [0.5, 0.6) is 0 Å². The van der Waals surface area contributed by atoms with Crippen LogP contribution >= 0.6 is 31.1 Å². The van der Waals surface area contributed by atoms with Crippen LogP contribution in [0.2, 0.25) is 0 Å². The molecular formula is C37H53N16O24P4+. The van der Waals surface area contributed by atoms with Crippen LogP contribution in [-0.4, -0.2) is 183 Å². The second-order valence-electron chi connectivity index (χ2n) is 18.2. The highest BCUT2D eigenvalue weighted by Gasteiger charge is 2.58. The minimum absolute atomic E-state index is 0.0132. The van der Waals surface area contributed by atoms with Crippen LogP contribution < -0.4 is 38.2 Å². The van der Waals surface area contributed by atoms with Gasteiger partial charge in [-0.05, 0) is 6.42 Å². The summed E-state index contributed by atoms with van der Waals surface area (Å²) in [6.45, 7) is -2.06. The number of hydrogen-bond acceptors (Lipinski definition) is 29. The van der Waals surface area contributed by atoms with Gasteiger partial charge in [0.15, 0.2) is 41.4 Å². The van der Waals surface area contributed by atoms with E-state index < -0.39 is 148 Å². The molecule has 6 aromatic heterocycles. The number of alkyl carbamates (subject to hydrolysis) is 1. The molecule has 1 amide bonds. The Bertz CT molecular complexity index is 3660. The molecule has 444 valence electrons. The number of nitrogens with one attached hydrogen (secondary N) is 3. The van der Waals surface area contributed by atoms with Crippen molar-refractivity contribution in [3.63, 3.8) is 0 Å². The zero-order chi connectivity index (χ0) is 58.7. The van der Waals surface area contributed by atoms with Crippen LogP contribution in [-0.2, 0) is 71.2 Å². The second kappa shape index (κ2) is 23.1. The Kier molecular flexibility index (Phi) is 17.1. The number of aliphatic hydroxyl groups is 3. The number of amides is 1. The monoisotopic (exact) mass is 1230 g/mol. The van der Waals surface area contributed by atoms with Gasteiger partial charge in [-0.1, -0.05) is 11.9 Å². The maximum absolute atomic E-state index is 14.5. The molecule has 0 saturated carbocycles. The van der Waals surface area contributed by atoms with Crippen molar-refractivity contribution in [3.8, 4) is 0 Å². The Hall–Kier alpha value is -5.80. The summed E-state index contributed by atoms with van der Waals surface area (Å²) >= 11 is 0. The molecule has 3 saturated heterocycles. The number of aromatic nitrogens is 12. The highest BCUT2D eigenvalue weighted by molar-refractivity contribution is 7.66. The number of nitrogens with two attached hydrogens (primary N) is 3. The van der Waals surface area contributed by atoms with E-state index in [2.05, 4.69) is 53.8 Å². The molecule has 0 aromatic carbocycles. The van der Waals surface area contributed by atoms with Gasteiger partial charge in [-0.25, -0.2) is 43.0 Å². The fourth-order valence-corrected chi connectivity index (χ4v) is 14.5. The molecule has 0 bridgehead atoms. The predicted octanol–water partition coefficient (Wildman–Crippen LogP) is -3.25. The number of hydrogen-bond donors (Lipinski definition) is 13. The summed E-state index contributed by atoms with van der Waals surface area (Å²) in [5.74, 6) is -1.97. The van der Waals surface area contributed by atoms with Crippen molar-refractivity contribution in [3.05, 3.63) is 46.0 Å². The largest absolute Gasteiger partial charge is 0.490 e. The number of H-pyrrole nitrogens is 2. The Morgan fingerprint density at radius 2 is 1.38 bits per heavy atom. The summed E-state index contributed by atoms with van der Waals surface area (Å²) in [5, 5.41) is 35.9. The van der Waals surface area contributed by atoms with E-state index in [0.29, 0.717) is 6.42 Å². The van der Waals surface area contributed by atoms with Gasteiger partial charge in [-0.15, -0.1) is 0 Å². The number of aromatic amines is 2. The van der Waals surface area contributed by atoms with Crippen LogP contribution in [0, 0.1) is 5.92 Å². The van der Waals surface area contributed by atoms with Gasteiger partial charge in [-0.3, -0.25) is 46.9 Å². The van der Waals surface area contributed by atoms with Gasteiger partial charge in [0.25, 0.3) is 17.1 Å². The summed E-state index contributed by atoms with van der Waals surface area (Å²) in [4.78, 5) is 110. The Morgan fingerprint density at radius 3 is 2.06 bits per heavy atom. The number of aryl methyl sites for hydroxylation is 1. The van der Waals surface area contributed by atoms with E-state index in [1.165, 1.54) is 27.1 Å². The molecule has 81 heavy (non-hydrogen) atoms. The molecule has 3 fully saturated rings. The molecule has 4 unspecified atom stereocenters. The SMILES string of the molecule is CCCOC(=O)NC[C@H]1[C@@H](O)[C@H]([n+]2cn(C)c3c(=O)[nH]c(N)nc32)O[C@@H]1COP(=O)(O)OP(=O)(O)OP(=O)(O)OC[C@H]1O[C@@H](n2cnc3c(N)ncnc32)[C@H](OC)[C@@H]1P(=O)(O)OC[C@H]1O[C@@H](n2cnc3c(=O)[nH]c(N)nc32)[C@H](O)[C@@H]1O. The van der Waals surface area contributed by atoms with Crippen molar-refractivity contribution in [2.24, 2.45) is 13.0 Å². The van der Waals surface area contributed by atoms with Crippen LogP contribution in [0.25, 0.3) is 33.5 Å². The first-order valence-corrected chi connectivity index (χ1v) is 29.8. The van der Waals surface area contributed by atoms with Gasteiger partial charge in [0.05, 0.1) is 52.2 Å². The number of fused-ring (bicyclic) bond motifs is 3. The molecule has 0 spiro atoms. The van der Waals surface area contributed by atoms with E-state index in [9.17, 15) is 67.5 Å². The first kappa shape index (κ1) is 59.8. The maximum atomic E-state index is 14.5. The zero-order valence-corrected chi connectivity index (χ0v) is 45.6. The molecule has 3 aliphatic rings. The number of carbonyl (C=O) groups excluding carboxylic acids is 1. The number of phosphoric acid groups is 3. The molecule has 44 heteroatoms. The smallest absolute Gasteiger partial charge is 0.450 e. The lowest BCUT2D eigenvalue weighted by atomic mass is 9.98. The minimum Gasteiger partial charge on any atom is -0.450 e. The molecule has 40 nitrogen and oxygen atoms in total. The lowest BCUT2D eigenvalue weighted by Gasteiger charge is -2.28. The van der Waals surface area contributed by atoms with Crippen molar-refractivity contribution >= 4 is 88.4 Å². The van der Waals surface area contributed by atoms with E-state index in [1.54, 1.807) is 6.92 Å². The summed E-state index contributed by atoms with van der Waals surface area (Å²) in [6, 6.07) is 0. The first-order chi connectivity index (χ1) is 38.1. The van der Waals surface area contributed by atoms with E-state index >= 15 is 0 Å². The molecule has 9 heterocycles. The number of ether oxygens (including phenoxy) is 5. The van der Waals surface area contributed by atoms with Crippen molar-refractivity contribution in [2.75, 3.05) is 57.3 Å². The molecule has 16 N–H and O–H groups in total. The third-order valence-electron chi connectivity index (χ3n) is 12.8. The first-order valence-electron chi connectivity index (χ1n) is 23.7. The Labute approximate surface area is 451 Å². The topological polar surface area (TPSA) is 571 Å². The number of methoxy groups -OCH3 is 1. The van der Waals surface area contributed by atoms with Gasteiger partial charge in [-0.2, -0.15) is 13.6 Å². The lowest BCUT2D eigenvalue weighted by molar-refractivity contribution is -0.745. The standard InChI is InChI=1S/C37H52N16O24P4/c1-4-5-69-37(59)41-6-14-15(73-32(21(14)54)53-13-50(2)20-29(53)47-36(40)49-31(20)58)7-71-79(62,63)76-81(66,67)77-80(64,65)72-9-17-25(24(68-3)34(75-17)51-11-44-18-26(38)42-10-43-27(18)51)78(60,61)70-8-16-22(55)23(56)33(74-16)52-12-45-19-28(52)46-35(39)48-30(19)57/h10-17,21-25,32-34,54-56H,4-9H2,1-3H3,(H12-,38,39,40,41,42,43,46,47,48,49,57,58,59,60,61,62,63,64,65,66,67)/p+1/t14-,15-,16-,17-,21-,22-,23-,24-,25-,32-,33-,34-/m1/s1. The molecule has 16 atom stereocenters. The van der Waals surface area contributed by atoms with Crippen molar-refractivity contribution in [2.45, 2.75) is 80.4 Å². The minimum atomic E-state index is -6.26. The maximum Gasteiger partial charge on any atom is 0.490 e. The molecule has 0 aliphatic carbocycles. The number of anilines is 3. The number of phosphoric ester groups is 2. The summed E-state index contributed by atoms with van der Waals surface area (Å²) in [5.41, 5.74) is 13.6. The van der Waals surface area contributed by atoms with Crippen LogP contribution in [0.3, 0.4) is 0 Å². The molecule has 0 radical (unpaired) electrons. The molecule has 9 rings (SSSR count). The molecule has 6 aromatic rings. The number of nitrogens with zero attached hydrogens (tertiary/aromatic N) is 10. The number of nitrogen functional groups attached to an aromatic ring is 3. The van der Waals surface area contributed by atoms with E-state index in [4.69, 9.17) is 54.5 Å². The average Bonchev–Trinajstić information content (AvgIpc) is 4.46. The quantitative estimate of drug-likeness (QED) is 0.0234. The summed E-state index contributed by atoms with van der Waals surface area (Å²) in [6.07, 6.45) is -12.3. The second-order valence-corrected chi connectivity index (χ2v) is 24.8. The van der Waals surface area contributed by atoms with Crippen LogP contribution in [0.1, 0.15) is 32.0 Å². The highest BCUT2D eigenvalue weighted by atomic mass is 31.3. The normalized spacial score (nSPS) is 29.0. The number of aliphatic hydroxyl groups excluding tert-OH is 3. The number of imidazole rings is 3. The van der Waals surface area contributed by atoms with Crippen molar-refractivity contribution in [1.29, 1.82) is 0 Å². The van der Waals surface area contributed by atoms with Gasteiger partial charge >= 0.3 is 42.8 Å².